The number of hydrogen-bond acceptors (Lipinski definition) is 6. The Morgan fingerprint density at radius 1 is 1.13 bits per heavy atom. The molecule has 0 aliphatic carbocycles. The Morgan fingerprint density at radius 2 is 1.90 bits per heavy atom. The number of imide groups is 1. The number of nitrogens with zero attached hydrogens (tertiary/aromatic N) is 5. The second-order valence-corrected chi connectivity index (χ2v) is 7.91. The third-order valence-electron chi connectivity index (χ3n) is 5.97. The molecule has 3 aliphatic rings. The number of fused-ring (bicyclic) bond motifs is 3. The van der Waals surface area contributed by atoms with Gasteiger partial charge in [0.2, 0.25) is 5.96 Å². The minimum atomic E-state index is -0.529. The van der Waals surface area contributed by atoms with Crippen molar-refractivity contribution in [2.24, 2.45) is 4.99 Å². The van der Waals surface area contributed by atoms with Gasteiger partial charge in [0.25, 0.3) is 5.91 Å². The molecule has 2 unspecified atom stereocenters. The monoisotopic (exact) mass is 411 g/mol. The first kappa shape index (κ1) is 20.4. The van der Waals surface area contributed by atoms with E-state index in [2.05, 4.69) is 4.90 Å². The van der Waals surface area contributed by atoms with Crippen molar-refractivity contribution in [3.63, 3.8) is 0 Å². The van der Waals surface area contributed by atoms with E-state index in [9.17, 15) is 9.59 Å². The number of rotatable bonds is 7. The van der Waals surface area contributed by atoms with E-state index in [0.29, 0.717) is 13.2 Å². The van der Waals surface area contributed by atoms with Crippen molar-refractivity contribution >= 4 is 17.9 Å². The Bertz CT molecular complexity index is 912. The molecule has 0 radical (unpaired) electrons. The lowest BCUT2D eigenvalue weighted by Crippen LogP contribution is -2.63. The fraction of sp³-hybridized carbons (Fsp3) is 0.500. The summed E-state index contributed by atoms with van der Waals surface area (Å²) in [5.41, 5.74) is 3.07. The molecule has 3 heterocycles. The minimum Gasteiger partial charge on any atom is -0.382 e. The van der Waals surface area contributed by atoms with Gasteiger partial charge in [-0.1, -0.05) is 24.3 Å². The predicted octanol–water partition coefficient (Wildman–Crippen LogP) is 2.36. The maximum absolute atomic E-state index is 13.4. The maximum Gasteiger partial charge on any atom is 0.328 e. The van der Waals surface area contributed by atoms with Crippen LogP contribution in [-0.2, 0) is 16.1 Å². The molecule has 1 aromatic rings. The number of benzene rings is 1. The third kappa shape index (κ3) is 3.35. The van der Waals surface area contributed by atoms with Crippen LogP contribution in [0.4, 0.5) is 4.79 Å². The van der Waals surface area contributed by atoms with E-state index in [4.69, 9.17) is 9.73 Å². The first-order chi connectivity index (χ1) is 14.4. The SMILES string of the molecule is CCOCCCN1C(C)=CN2C1=NC1C2C(=O)N(Cc2ccccc2C)C(=O)N1C. The van der Waals surface area contributed by atoms with Gasteiger partial charge in [0.1, 0.15) is 0 Å². The van der Waals surface area contributed by atoms with Gasteiger partial charge in [0.05, 0.1) is 6.54 Å². The van der Waals surface area contributed by atoms with E-state index in [0.717, 1.165) is 35.7 Å². The first-order valence-corrected chi connectivity index (χ1v) is 10.5. The van der Waals surface area contributed by atoms with E-state index >= 15 is 0 Å². The molecular weight excluding hydrogens is 382 g/mol. The summed E-state index contributed by atoms with van der Waals surface area (Å²) in [7, 11) is 1.72. The Kier molecular flexibility index (Phi) is 5.51. The summed E-state index contributed by atoms with van der Waals surface area (Å²) in [6.07, 6.45) is 2.33. The number of allylic oxidation sites excluding steroid dienone is 1. The zero-order valence-electron chi connectivity index (χ0n) is 18.0. The Balaban J connectivity index is 1.55. The van der Waals surface area contributed by atoms with Gasteiger partial charge < -0.3 is 19.4 Å². The number of likely N-dealkylation sites (N-methyl/N-ethyl adjacent to an activating group) is 1. The molecule has 30 heavy (non-hydrogen) atoms. The van der Waals surface area contributed by atoms with Gasteiger partial charge in [-0.05, 0) is 38.3 Å². The van der Waals surface area contributed by atoms with Crippen LogP contribution in [0.25, 0.3) is 0 Å². The summed E-state index contributed by atoms with van der Waals surface area (Å²) < 4.78 is 5.45. The summed E-state index contributed by atoms with van der Waals surface area (Å²) >= 11 is 0. The van der Waals surface area contributed by atoms with E-state index in [1.807, 2.05) is 56.1 Å². The summed E-state index contributed by atoms with van der Waals surface area (Å²) in [6, 6.07) is 6.99. The molecule has 8 heteroatoms. The van der Waals surface area contributed by atoms with Crippen LogP contribution in [0.1, 0.15) is 31.4 Å². The minimum absolute atomic E-state index is 0.203. The van der Waals surface area contributed by atoms with Crippen LogP contribution in [0.3, 0.4) is 0 Å². The Hall–Kier alpha value is -2.87. The van der Waals surface area contributed by atoms with Crippen molar-refractivity contribution in [2.75, 3.05) is 26.8 Å². The molecule has 1 fully saturated rings. The number of guanidine groups is 1. The predicted molar refractivity (Wildman–Crippen MR) is 113 cm³/mol. The third-order valence-corrected chi connectivity index (χ3v) is 5.97. The zero-order chi connectivity index (χ0) is 21.4. The number of carbonyl (C=O) groups excluding carboxylic acids is 2. The molecule has 0 saturated carbocycles. The van der Waals surface area contributed by atoms with Gasteiger partial charge in [-0.2, -0.15) is 0 Å². The number of hydrogen-bond donors (Lipinski definition) is 0. The van der Waals surface area contributed by atoms with E-state index in [-0.39, 0.29) is 18.5 Å². The quantitative estimate of drug-likeness (QED) is 0.645. The van der Waals surface area contributed by atoms with Crippen LogP contribution in [0.15, 0.2) is 41.2 Å². The first-order valence-electron chi connectivity index (χ1n) is 10.5. The van der Waals surface area contributed by atoms with Crippen LogP contribution >= 0.6 is 0 Å². The van der Waals surface area contributed by atoms with Gasteiger partial charge >= 0.3 is 6.03 Å². The Labute approximate surface area is 177 Å². The highest BCUT2D eigenvalue weighted by molar-refractivity contribution is 6.04. The number of aliphatic imine (C=N–C) groups is 1. The number of urea groups is 1. The van der Waals surface area contributed by atoms with Crippen LogP contribution in [0, 0.1) is 6.92 Å². The molecular formula is C22H29N5O3. The summed E-state index contributed by atoms with van der Waals surface area (Å²) in [6.45, 7) is 8.40. The Morgan fingerprint density at radius 3 is 2.63 bits per heavy atom. The van der Waals surface area contributed by atoms with Gasteiger partial charge in [-0.25, -0.2) is 9.79 Å². The van der Waals surface area contributed by atoms with Crippen molar-refractivity contribution in [2.45, 2.75) is 45.9 Å². The highest BCUT2D eigenvalue weighted by Crippen LogP contribution is 2.34. The molecule has 1 saturated heterocycles. The van der Waals surface area contributed by atoms with Gasteiger partial charge in [-0.15, -0.1) is 0 Å². The molecule has 8 nitrogen and oxygen atoms in total. The van der Waals surface area contributed by atoms with Crippen molar-refractivity contribution in [1.82, 2.24) is 19.6 Å². The molecule has 3 amide bonds. The number of carbonyl (C=O) groups is 2. The number of amides is 3. The van der Waals surface area contributed by atoms with Crippen molar-refractivity contribution in [3.05, 3.63) is 47.3 Å². The molecule has 0 spiro atoms. The molecule has 0 aromatic heterocycles. The molecule has 0 bridgehead atoms. The van der Waals surface area contributed by atoms with Gasteiger partial charge in [0.15, 0.2) is 12.2 Å². The second-order valence-electron chi connectivity index (χ2n) is 7.91. The second kappa shape index (κ2) is 8.10. The molecule has 160 valence electrons. The van der Waals surface area contributed by atoms with Gasteiger partial charge in [-0.3, -0.25) is 9.69 Å². The molecule has 0 N–H and O–H groups in total. The lowest BCUT2D eigenvalue weighted by molar-refractivity contribution is -0.137. The summed E-state index contributed by atoms with van der Waals surface area (Å²) in [5, 5.41) is 0. The van der Waals surface area contributed by atoms with Crippen molar-refractivity contribution in [3.8, 4) is 0 Å². The highest BCUT2D eigenvalue weighted by Gasteiger charge is 2.54. The number of aryl methyl sites for hydroxylation is 1. The van der Waals surface area contributed by atoms with Crippen LogP contribution in [0.2, 0.25) is 0 Å². The topological polar surface area (TPSA) is 68.7 Å². The average molecular weight is 412 g/mol. The fourth-order valence-corrected chi connectivity index (χ4v) is 4.25. The molecule has 1 aromatic carbocycles. The maximum atomic E-state index is 13.4. The normalized spacial score (nSPS) is 23.1. The van der Waals surface area contributed by atoms with Gasteiger partial charge in [0, 0.05) is 38.7 Å². The average Bonchev–Trinajstić information content (AvgIpc) is 3.23. The van der Waals surface area contributed by atoms with Crippen molar-refractivity contribution in [1.29, 1.82) is 0 Å². The molecule has 3 aliphatic heterocycles. The van der Waals surface area contributed by atoms with Crippen molar-refractivity contribution < 1.29 is 14.3 Å². The molecule has 4 rings (SSSR count). The largest absolute Gasteiger partial charge is 0.382 e. The van der Waals surface area contributed by atoms with E-state index in [1.54, 1.807) is 11.9 Å². The lowest BCUT2D eigenvalue weighted by Gasteiger charge is -2.40. The van der Waals surface area contributed by atoms with E-state index in [1.165, 1.54) is 4.90 Å². The van der Waals surface area contributed by atoms with E-state index < -0.39 is 12.2 Å². The van der Waals surface area contributed by atoms with Crippen LogP contribution in [-0.4, -0.2) is 76.5 Å². The smallest absolute Gasteiger partial charge is 0.328 e. The number of ether oxygens (including phenoxy) is 1. The molecule has 2 atom stereocenters. The summed E-state index contributed by atoms with van der Waals surface area (Å²) in [5.74, 6) is 0.537. The van der Waals surface area contributed by atoms with Crippen LogP contribution in [0.5, 0.6) is 0 Å². The van der Waals surface area contributed by atoms with Crippen LogP contribution < -0.4 is 0 Å². The zero-order valence-corrected chi connectivity index (χ0v) is 18.0. The fourth-order valence-electron chi connectivity index (χ4n) is 4.25. The standard InChI is InChI=1S/C22H29N5O3/c1-5-30-12-8-11-25-16(3)13-26-18-19(23-21(25)26)24(4)22(29)27(20(18)28)14-17-10-7-6-9-15(17)2/h6-7,9-10,13,18-19H,5,8,11-12,14H2,1-4H3. The highest BCUT2D eigenvalue weighted by atomic mass is 16.5. The lowest BCUT2D eigenvalue weighted by atomic mass is 10.1. The summed E-state index contributed by atoms with van der Waals surface area (Å²) in [4.78, 5) is 38.2.